The topological polar surface area (TPSA) is 64.2 Å². The van der Waals surface area contributed by atoms with E-state index in [9.17, 15) is 4.79 Å². The van der Waals surface area contributed by atoms with Crippen LogP contribution in [0.1, 0.15) is 40.2 Å². The molecule has 1 fully saturated rings. The molecule has 0 unspecified atom stereocenters. The van der Waals surface area contributed by atoms with Gasteiger partial charge in [-0.05, 0) is 50.9 Å². The Morgan fingerprint density at radius 1 is 1.28 bits per heavy atom. The molecule has 7 heteroatoms. The lowest BCUT2D eigenvalue weighted by Gasteiger charge is -2.32. The summed E-state index contributed by atoms with van der Waals surface area (Å²) in [4.78, 5) is 18.8. The molecule has 1 N–H and O–H groups in total. The van der Waals surface area contributed by atoms with E-state index in [-0.39, 0.29) is 5.12 Å². The molecule has 2 aromatic rings. The minimum Gasteiger partial charge on any atom is -0.400 e. The number of nitrogens with one attached hydrogen (secondary N) is 1. The number of thioether (sulfide) groups is 1. The summed E-state index contributed by atoms with van der Waals surface area (Å²) < 4.78 is 12.3. The average Bonchev–Trinajstić information content (AvgIpc) is 3.05. The van der Waals surface area contributed by atoms with Gasteiger partial charge in [0.05, 0.1) is 28.6 Å². The first-order valence-corrected chi connectivity index (χ1v) is 9.29. The van der Waals surface area contributed by atoms with Gasteiger partial charge in [-0.3, -0.25) is 4.79 Å². The van der Waals surface area contributed by atoms with Gasteiger partial charge >= 0.3 is 7.12 Å². The molecule has 3 rings (SSSR count). The molecule has 25 heavy (non-hydrogen) atoms. The molecule has 5 nitrogen and oxygen atoms in total. The summed E-state index contributed by atoms with van der Waals surface area (Å²) in [5.74, 6) is 0.535. The molecule has 1 aromatic heterocycles. The summed E-state index contributed by atoms with van der Waals surface area (Å²) >= 11 is 1.26. The summed E-state index contributed by atoms with van der Waals surface area (Å²) in [6.45, 7) is 9.68. The monoisotopic (exact) mass is 358 g/mol. The Kier molecular flexibility index (Phi) is 4.83. The van der Waals surface area contributed by atoms with Crippen LogP contribution >= 0.6 is 11.8 Å². The largest absolute Gasteiger partial charge is 0.491 e. The highest BCUT2D eigenvalue weighted by atomic mass is 32.2. The molecule has 0 bridgehead atoms. The van der Waals surface area contributed by atoms with E-state index in [2.05, 4.69) is 9.97 Å². The van der Waals surface area contributed by atoms with Crippen LogP contribution in [0.2, 0.25) is 0 Å². The van der Waals surface area contributed by atoms with Crippen molar-refractivity contribution in [3.8, 4) is 0 Å². The Bertz CT molecular complexity index is 813. The number of benzene rings is 1. The van der Waals surface area contributed by atoms with Crippen molar-refractivity contribution < 1.29 is 14.1 Å². The zero-order valence-corrected chi connectivity index (χ0v) is 16.1. The third-order valence-corrected chi connectivity index (χ3v) is 5.68. The Morgan fingerprint density at radius 3 is 2.60 bits per heavy atom. The molecule has 1 aliphatic heterocycles. The van der Waals surface area contributed by atoms with Crippen LogP contribution in [0.15, 0.2) is 30.0 Å². The number of carbonyl (C=O) groups is 1. The van der Waals surface area contributed by atoms with Gasteiger partial charge in [0, 0.05) is 12.7 Å². The van der Waals surface area contributed by atoms with E-state index in [0.717, 1.165) is 22.1 Å². The first-order chi connectivity index (χ1) is 11.7. The third-order valence-electron chi connectivity index (χ3n) is 4.79. The standard InChI is InChI=1S/C18H23BN2O3S/c1-12(22)25-10-14(19-23-17(2,3)18(4,5)24-19)8-13-6-7-15-16(9-13)21-11-20-15/h6-9,11H,10H2,1-5H3,(H,20,21). The molecule has 1 saturated heterocycles. The summed E-state index contributed by atoms with van der Waals surface area (Å²) in [6.07, 6.45) is 3.72. The number of aromatic nitrogens is 2. The van der Waals surface area contributed by atoms with Crippen molar-refractivity contribution >= 4 is 41.1 Å². The molecule has 0 atom stereocenters. The van der Waals surface area contributed by atoms with Crippen LogP contribution in [0.4, 0.5) is 0 Å². The van der Waals surface area contributed by atoms with E-state index in [0.29, 0.717) is 5.75 Å². The molecule has 1 aliphatic rings. The highest BCUT2D eigenvalue weighted by Gasteiger charge is 2.52. The summed E-state index contributed by atoms with van der Waals surface area (Å²) in [5, 5.41) is 0.0754. The van der Waals surface area contributed by atoms with Crippen LogP contribution in [0, 0.1) is 0 Å². The number of H-pyrrole nitrogens is 1. The van der Waals surface area contributed by atoms with Gasteiger partial charge in [0.1, 0.15) is 0 Å². The minimum absolute atomic E-state index is 0.0754. The number of rotatable bonds is 4. The fraction of sp³-hybridized carbons (Fsp3) is 0.444. The van der Waals surface area contributed by atoms with Crippen molar-refractivity contribution in [1.82, 2.24) is 9.97 Å². The van der Waals surface area contributed by atoms with Crippen LogP contribution in [-0.2, 0) is 14.1 Å². The molecule has 0 aliphatic carbocycles. The second-order valence-electron chi connectivity index (χ2n) is 7.27. The molecular weight excluding hydrogens is 335 g/mol. The highest BCUT2D eigenvalue weighted by Crippen LogP contribution is 2.39. The van der Waals surface area contributed by atoms with Crippen LogP contribution in [-0.4, -0.2) is 39.2 Å². The summed E-state index contributed by atoms with van der Waals surface area (Å²) in [6, 6.07) is 6.01. The van der Waals surface area contributed by atoms with Crippen LogP contribution in [0.5, 0.6) is 0 Å². The molecule has 0 saturated carbocycles. The second-order valence-corrected chi connectivity index (χ2v) is 8.42. The third kappa shape index (κ3) is 3.83. The Labute approximate surface area is 152 Å². The summed E-state index contributed by atoms with van der Waals surface area (Å²) in [5.41, 5.74) is 3.03. The lowest BCUT2D eigenvalue weighted by Crippen LogP contribution is -2.41. The van der Waals surface area contributed by atoms with Crippen molar-refractivity contribution in [1.29, 1.82) is 0 Å². The Morgan fingerprint density at radius 2 is 1.96 bits per heavy atom. The molecule has 0 amide bonds. The molecule has 132 valence electrons. The van der Waals surface area contributed by atoms with Crippen molar-refractivity contribution in [3.63, 3.8) is 0 Å². The second kappa shape index (κ2) is 6.63. The Hall–Kier alpha value is -1.57. The number of carbonyl (C=O) groups excluding carboxylic acids is 1. The van der Waals surface area contributed by atoms with Gasteiger partial charge in [-0.15, -0.1) is 0 Å². The van der Waals surface area contributed by atoms with Crippen LogP contribution in [0.25, 0.3) is 17.1 Å². The van der Waals surface area contributed by atoms with Gasteiger partial charge in [0.25, 0.3) is 0 Å². The van der Waals surface area contributed by atoms with Gasteiger partial charge in [-0.25, -0.2) is 4.98 Å². The SMILES string of the molecule is CC(=O)SCC(=Cc1ccc2nc[nH]c2c1)B1OC(C)(C)C(C)(C)O1. The lowest BCUT2D eigenvalue weighted by atomic mass is 9.78. The van der Waals surface area contributed by atoms with E-state index in [1.165, 1.54) is 11.8 Å². The molecule has 0 spiro atoms. The number of fused-ring (bicyclic) bond motifs is 1. The van der Waals surface area contributed by atoms with E-state index < -0.39 is 18.3 Å². The zero-order valence-electron chi connectivity index (χ0n) is 15.3. The van der Waals surface area contributed by atoms with Crippen molar-refractivity contribution in [2.75, 3.05) is 5.75 Å². The number of imidazole rings is 1. The maximum atomic E-state index is 11.5. The highest BCUT2D eigenvalue weighted by molar-refractivity contribution is 8.13. The average molecular weight is 358 g/mol. The van der Waals surface area contributed by atoms with Gasteiger partial charge in [-0.2, -0.15) is 0 Å². The molecule has 1 aromatic carbocycles. The first kappa shape index (κ1) is 18.2. The quantitative estimate of drug-likeness (QED) is 0.841. The number of aromatic amines is 1. The van der Waals surface area contributed by atoms with Gasteiger partial charge in [0.2, 0.25) is 0 Å². The Balaban J connectivity index is 1.92. The van der Waals surface area contributed by atoms with Gasteiger partial charge in [0.15, 0.2) is 5.12 Å². The van der Waals surface area contributed by atoms with Crippen molar-refractivity contribution in [2.24, 2.45) is 0 Å². The normalized spacial score (nSPS) is 19.6. The van der Waals surface area contributed by atoms with Crippen molar-refractivity contribution in [2.45, 2.75) is 45.8 Å². The van der Waals surface area contributed by atoms with E-state index >= 15 is 0 Å². The van der Waals surface area contributed by atoms with E-state index in [1.54, 1.807) is 13.3 Å². The predicted octanol–water partition coefficient (Wildman–Crippen LogP) is 3.86. The van der Waals surface area contributed by atoms with Crippen molar-refractivity contribution in [3.05, 3.63) is 35.6 Å². The van der Waals surface area contributed by atoms with Gasteiger partial charge < -0.3 is 14.3 Å². The fourth-order valence-corrected chi connectivity index (χ4v) is 3.20. The predicted molar refractivity (Wildman–Crippen MR) is 103 cm³/mol. The maximum Gasteiger partial charge on any atom is 0.491 e. The number of nitrogens with zero attached hydrogens (tertiary/aromatic N) is 1. The molecular formula is C18H23BN2O3S. The zero-order chi connectivity index (χ0) is 18.2. The smallest absolute Gasteiger partial charge is 0.400 e. The maximum absolute atomic E-state index is 11.5. The number of hydrogen-bond acceptors (Lipinski definition) is 5. The van der Waals surface area contributed by atoms with E-state index in [1.807, 2.05) is 52.0 Å². The minimum atomic E-state index is -0.464. The lowest BCUT2D eigenvalue weighted by molar-refractivity contribution is -0.109. The van der Waals surface area contributed by atoms with E-state index in [4.69, 9.17) is 9.31 Å². The number of hydrogen-bond donors (Lipinski definition) is 1. The molecule has 2 heterocycles. The molecule has 0 radical (unpaired) electrons. The van der Waals surface area contributed by atoms with Gasteiger partial charge in [-0.1, -0.05) is 23.9 Å². The first-order valence-electron chi connectivity index (χ1n) is 8.30. The van der Waals surface area contributed by atoms with Crippen LogP contribution < -0.4 is 0 Å². The van der Waals surface area contributed by atoms with Crippen LogP contribution in [0.3, 0.4) is 0 Å². The summed E-state index contributed by atoms with van der Waals surface area (Å²) in [7, 11) is -0.464. The fourth-order valence-electron chi connectivity index (χ4n) is 2.61.